The Morgan fingerprint density at radius 3 is 2.53 bits per heavy atom. The molecule has 1 saturated heterocycles. The standard InChI is InChI=1S/C24H29F3N6O/c1-14(16-8-18(24(25,26)27)11-19(28)9-16)30-23-20-12-21(29-3)17(10-22(20)31-15(2)32-23)13-33-4-6-34-7-5-33/h8-12,14,29H,4-7,13,28H2,1-3H3,(H,30,31,32). The van der Waals surface area contributed by atoms with Crippen molar-refractivity contribution in [3.8, 4) is 0 Å². The number of nitrogens with zero attached hydrogens (tertiary/aromatic N) is 3. The van der Waals surface area contributed by atoms with Crippen molar-refractivity contribution in [2.75, 3.05) is 49.7 Å². The molecule has 0 amide bonds. The summed E-state index contributed by atoms with van der Waals surface area (Å²) in [7, 11) is 1.86. The number of nitrogens with one attached hydrogen (secondary N) is 2. The van der Waals surface area contributed by atoms with Gasteiger partial charge in [0.25, 0.3) is 0 Å². The zero-order valence-corrected chi connectivity index (χ0v) is 19.5. The number of hydrogen-bond donors (Lipinski definition) is 3. The summed E-state index contributed by atoms with van der Waals surface area (Å²) >= 11 is 0. The van der Waals surface area contributed by atoms with Crippen LogP contribution in [0.1, 0.15) is 35.5 Å². The van der Waals surface area contributed by atoms with Gasteiger partial charge in [-0.15, -0.1) is 0 Å². The maximum atomic E-state index is 13.3. The fourth-order valence-electron chi connectivity index (χ4n) is 4.19. The zero-order valence-electron chi connectivity index (χ0n) is 19.5. The van der Waals surface area contributed by atoms with Crippen LogP contribution in [0, 0.1) is 6.92 Å². The third-order valence-corrected chi connectivity index (χ3v) is 5.96. The maximum Gasteiger partial charge on any atom is 0.416 e. The highest BCUT2D eigenvalue weighted by atomic mass is 19.4. The molecule has 1 aliphatic heterocycles. The van der Waals surface area contributed by atoms with Crippen LogP contribution >= 0.6 is 0 Å². The molecule has 2 aromatic carbocycles. The number of aryl methyl sites for hydroxylation is 1. The van der Waals surface area contributed by atoms with Gasteiger partial charge in [-0.1, -0.05) is 0 Å². The first-order valence-electron chi connectivity index (χ1n) is 11.2. The Kier molecular flexibility index (Phi) is 6.81. The van der Waals surface area contributed by atoms with Gasteiger partial charge >= 0.3 is 6.18 Å². The molecular formula is C24H29F3N6O. The molecule has 1 aliphatic rings. The molecule has 0 saturated carbocycles. The summed E-state index contributed by atoms with van der Waals surface area (Å²) in [5.41, 5.74) is 8.31. The molecule has 0 bridgehead atoms. The van der Waals surface area contributed by atoms with Gasteiger partial charge in [-0.2, -0.15) is 13.2 Å². The summed E-state index contributed by atoms with van der Waals surface area (Å²) < 4.78 is 45.3. The third kappa shape index (κ3) is 5.34. The quantitative estimate of drug-likeness (QED) is 0.451. The van der Waals surface area contributed by atoms with Crippen LogP contribution < -0.4 is 16.4 Å². The molecule has 1 unspecified atom stereocenters. The van der Waals surface area contributed by atoms with Crippen LogP contribution in [0.15, 0.2) is 30.3 Å². The van der Waals surface area contributed by atoms with E-state index in [2.05, 4.69) is 25.5 Å². The minimum absolute atomic E-state index is 0.0624. The van der Waals surface area contributed by atoms with E-state index in [1.165, 1.54) is 0 Å². The summed E-state index contributed by atoms with van der Waals surface area (Å²) in [6.45, 7) is 7.52. The summed E-state index contributed by atoms with van der Waals surface area (Å²) in [6.07, 6.45) is -4.47. The molecule has 2 heterocycles. The van der Waals surface area contributed by atoms with Crippen molar-refractivity contribution in [3.05, 3.63) is 52.8 Å². The topological polar surface area (TPSA) is 88.3 Å². The second-order valence-corrected chi connectivity index (χ2v) is 8.54. The minimum atomic E-state index is -4.47. The first-order valence-corrected chi connectivity index (χ1v) is 11.2. The number of benzene rings is 2. The number of anilines is 3. The number of halogens is 3. The van der Waals surface area contributed by atoms with Crippen molar-refractivity contribution >= 4 is 28.1 Å². The lowest BCUT2D eigenvalue weighted by atomic mass is 10.0. The number of hydrogen-bond acceptors (Lipinski definition) is 7. The molecule has 34 heavy (non-hydrogen) atoms. The SMILES string of the molecule is CNc1cc2c(NC(C)c3cc(N)cc(C(F)(F)F)c3)nc(C)nc2cc1CN1CCOCC1. The average molecular weight is 475 g/mol. The smallest absolute Gasteiger partial charge is 0.399 e. The van der Waals surface area contributed by atoms with Crippen LogP contribution in [0.4, 0.5) is 30.4 Å². The van der Waals surface area contributed by atoms with Gasteiger partial charge in [-0.3, -0.25) is 4.90 Å². The molecule has 0 radical (unpaired) electrons. The van der Waals surface area contributed by atoms with Crippen LogP contribution in [0.3, 0.4) is 0 Å². The van der Waals surface area contributed by atoms with E-state index in [9.17, 15) is 13.2 Å². The number of nitrogen functional groups attached to an aromatic ring is 1. The predicted octanol–water partition coefficient (Wildman–Crippen LogP) is 4.59. The van der Waals surface area contributed by atoms with Gasteiger partial charge in [0.2, 0.25) is 0 Å². The van der Waals surface area contributed by atoms with Gasteiger partial charge < -0.3 is 21.1 Å². The first-order chi connectivity index (χ1) is 16.1. The molecule has 1 aromatic heterocycles. The lowest BCUT2D eigenvalue weighted by Crippen LogP contribution is -2.35. The molecule has 182 valence electrons. The number of fused-ring (bicyclic) bond motifs is 1. The largest absolute Gasteiger partial charge is 0.416 e. The Balaban J connectivity index is 1.68. The number of rotatable bonds is 6. The van der Waals surface area contributed by atoms with Gasteiger partial charge in [-0.05, 0) is 55.3 Å². The van der Waals surface area contributed by atoms with Crippen LogP contribution in [0.2, 0.25) is 0 Å². The van der Waals surface area contributed by atoms with Gasteiger partial charge in [0.1, 0.15) is 11.6 Å². The van der Waals surface area contributed by atoms with Gasteiger partial charge in [0.05, 0.1) is 30.3 Å². The van der Waals surface area contributed by atoms with Crippen molar-refractivity contribution in [1.82, 2.24) is 14.9 Å². The maximum absolute atomic E-state index is 13.3. The highest BCUT2D eigenvalue weighted by Crippen LogP contribution is 2.34. The molecule has 10 heteroatoms. The van der Waals surface area contributed by atoms with E-state index in [0.29, 0.717) is 17.2 Å². The fraction of sp³-hybridized carbons (Fsp3) is 0.417. The second-order valence-electron chi connectivity index (χ2n) is 8.54. The van der Waals surface area contributed by atoms with Crippen LogP contribution in [0.5, 0.6) is 0 Å². The normalized spacial score (nSPS) is 15.9. The van der Waals surface area contributed by atoms with Crippen molar-refractivity contribution < 1.29 is 17.9 Å². The minimum Gasteiger partial charge on any atom is -0.399 e. The third-order valence-electron chi connectivity index (χ3n) is 5.96. The van der Waals surface area contributed by atoms with E-state index in [4.69, 9.17) is 10.5 Å². The van der Waals surface area contributed by atoms with E-state index < -0.39 is 17.8 Å². The number of morpholine rings is 1. The van der Waals surface area contributed by atoms with Crippen molar-refractivity contribution in [2.24, 2.45) is 0 Å². The summed E-state index contributed by atoms with van der Waals surface area (Å²) in [5.74, 6) is 1.13. The Hall–Kier alpha value is -3.11. The van der Waals surface area contributed by atoms with E-state index in [1.807, 2.05) is 19.2 Å². The van der Waals surface area contributed by atoms with Crippen molar-refractivity contribution in [3.63, 3.8) is 0 Å². The van der Waals surface area contributed by atoms with E-state index in [-0.39, 0.29) is 5.69 Å². The van der Waals surface area contributed by atoms with Gasteiger partial charge in [0.15, 0.2) is 0 Å². The van der Waals surface area contributed by atoms with Crippen LogP contribution in [0.25, 0.3) is 10.9 Å². The van der Waals surface area contributed by atoms with Gasteiger partial charge in [0, 0.05) is 43.4 Å². The Morgan fingerprint density at radius 2 is 1.85 bits per heavy atom. The van der Waals surface area contributed by atoms with Crippen molar-refractivity contribution in [1.29, 1.82) is 0 Å². The van der Waals surface area contributed by atoms with Gasteiger partial charge in [-0.25, -0.2) is 9.97 Å². The van der Waals surface area contributed by atoms with Crippen LogP contribution in [-0.4, -0.2) is 48.2 Å². The summed E-state index contributed by atoms with van der Waals surface area (Å²) in [4.78, 5) is 11.5. The molecule has 0 aliphatic carbocycles. The lowest BCUT2D eigenvalue weighted by Gasteiger charge is -2.27. The van der Waals surface area contributed by atoms with E-state index in [0.717, 1.165) is 67.1 Å². The second kappa shape index (κ2) is 9.63. The Morgan fingerprint density at radius 1 is 1.12 bits per heavy atom. The molecule has 4 N–H and O–H groups in total. The number of ether oxygens (including phenoxy) is 1. The lowest BCUT2D eigenvalue weighted by molar-refractivity contribution is -0.137. The first kappa shape index (κ1) is 24.0. The molecular weight excluding hydrogens is 445 g/mol. The molecule has 4 rings (SSSR count). The molecule has 7 nitrogen and oxygen atoms in total. The number of alkyl halides is 3. The highest BCUT2D eigenvalue weighted by molar-refractivity contribution is 5.93. The van der Waals surface area contributed by atoms with E-state index >= 15 is 0 Å². The summed E-state index contributed by atoms with van der Waals surface area (Å²) in [6, 6.07) is 7.17. The molecule has 3 aromatic rings. The highest BCUT2D eigenvalue weighted by Gasteiger charge is 2.31. The number of nitrogens with two attached hydrogens (primary N) is 1. The molecule has 0 spiro atoms. The molecule has 1 fully saturated rings. The average Bonchev–Trinajstić information content (AvgIpc) is 2.78. The molecule has 1 atom stereocenters. The van der Waals surface area contributed by atoms with Crippen molar-refractivity contribution in [2.45, 2.75) is 32.6 Å². The Bertz CT molecular complexity index is 1180. The predicted molar refractivity (Wildman–Crippen MR) is 128 cm³/mol. The zero-order chi connectivity index (χ0) is 24.5. The van der Waals surface area contributed by atoms with E-state index in [1.54, 1.807) is 19.9 Å². The van der Waals surface area contributed by atoms with Crippen LogP contribution in [-0.2, 0) is 17.5 Å². The fourth-order valence-corrected chi connectivity index (χ4v) is 4.19. The monoisotopic (exact) mass is 474 g/mol. The Labute approximate surface area is 196 Å². The number of aromatic nitrogens is 2. The summed E-state index contributed by atoms with van der Waals surface area (Å²) in [5, 5.41) is 7.31.